The van der Waals surface area contributed by atoms with Crippen LogP contribution in [0.25, 0.3) is 0 Å². The summed E-state index contributed by atoms with van der Waals surface area (Å²) in [5.74, 6) is -0.979. The molecule has 0 saturated carbocycles. The van der Waals surface area contributed by atoms with Gasteiger partial charge in [0, 0.05) is 0 Å². The van der Waals surface area contributed by atoms with E-state index >= 15 is 0 Å². The molecule has 0 aliphatic rings. The predicted molar refractivity (Wildman–Crippen MR) is 122 cm³/mol. The van der Waals surface area contributed by atoms with Crippen molar-refractivity contribution in [3.8, 4) is 0 Å². The Kier molecular flexibility index (Phi) is 6.73. The van der Waals surface area contributed by atoms with E-state index in [2.05, 4.69) is 0 Å². The van der Waals surface area contributed by atoms with Gasteiger partial charge in [0.15, 0.2) is 12.2 Å². The highest BCUT2D eigenvalue weighted by atomic mass is 16.6. The van der Waals surface area contributed by atoms with Gasteiger partial charge >= 0.3 is 11.9 Å². The maximum atomic E-state index is 13.0. The fraction of sp³-hybridized carbons (Fsp3) is 0.0714. The molecule has 32 heavy (non-hydrogen) atoms. The quantitative estimate of drug-likeness (QED) is 0.334. The number of esters is 2. The molecule has 0 spiro atoms. The van der Waals surface area contributed by atoms with Gasteiger partial charge in [0.1, 0.15) is 0 Å². The lowest BCUT2D eigenvalue weighted by atomic mass is 9.97. The summed E-state index contributed by atoms with van der Waals surface area (Å²) in [6, 6.07) is 36.2. The van der Waals surface area contributed by atoms with Crippen LogP contribution in [0.4, 0.5) is 0 Å². The SMILES string of the molecule is O=C(O[C@H](c1ccccc1)[C@H](OC(=O)c1ccccc1)c1ccccc1)c1ccccc1. The summed E-state index contributed by atoms with van der Waals surface area (Å²) >= 11 is 0. The monoisotopic (exact) mass is 422 g/mol. The Morgan fingerprint density at radius 3 is 1.03 bits per heavy atom. The minimum atomic E-state index is -0.834. The first-order chi connectivity index (χ1) is 15.7. The molecular weight excluding hydrogens is 400 g/mol. The summed E-state index contributed by atoms with van der Waals surface area (Å²) < 4.78 is 11.9. The summed E-state index contributed by atoms with van der Waals surface area (Å²) in [7, 11) is 0. The number of ether oxygens (including phenoxy) is 2. The third-order valence-corrected chi connectivity index (χ3v) is 5.02. The van der Waals surface area contributed by atoms with Crippen LogP contribution in [0.3, 0.4) is 0 Å². The van der Waals surface area contributed by atoms with Gasteiger partial charge in [-0.05, 0) is 35.4 Å². The largest absolute Gasteiger partial charge is 0.450 e. The fourth-order valence-electron chi connectivity index (χ4n) is 3.41. The number of rotatable bonds is 7. The minimum Gasteiger partial charge on any atom is -0.450 e. The highest BCUT2D eigenvalue weighted by Crippen LogP contribution is 2.36. The molecule has 0 aliphatic heterocycles. The van der Waals surface area contributed by atoms with Crippen molar-refractivity contribution in [2.75, 3.05) is 0 Å². The second kappa shape index (κ2) is 10.2. The molecule has 0 saturated heterocycles. The van der Waals surface area contributed by atoms with Crippen LogP contribution in [0.5, 0.6) is 0 Å². The molecule has 0 heterocycles. The smallest absolute Gasteiger partial charge is 0.338 e. The lowest BCUT2D eigenvalue weighted by molar-refractivity contribution is -0.0388. The molecule has 4 heteroatoms. The van der Waals surface area contributed by atoms with Gasteiger partial charge < -0.3 is 9.47 Å². The van der Waals surface area contributed by atoms with Crippen molar-refractivity contribution < 1.29 is 19.1 Å². The van der Waals surface area contributed by atoms with Crippen LogP contribution < -0.4 is 0 Å². The van der Waals surface area contributed by atoms with E-state index in [0.717, 1.165) is 11.1 Å². The minimum absolute atomic E-state index is 0.426. The zero-order valence-electron chi connectivity index (χ0n) is 17.3. The standard InChI is InChI=1S/C28H22O4/c29-27(23-17-9-3-10-18-23)31-25(21-13-5-1-6-14-21)26(22-15-7-2-8-16-22)32-28(30)24-19-11-4-12-20-24/h1-20,25-26H/t25-,26-/m1/s1. The van der Waals surface area contributed by atoms with E-state index < -0.39 is 24.1 Å². The van der Waals surface area contributed by atoms with Crippen molar-refractivity contribution in [1.29, 1.82) is 0 Å². The summed E-state index contributed by atoms with van der Waals surface area (Å²) in [4.78, 5) is 25.9. The molecule has 0 fully saturated rings. The molecule has 0 unspecified atom stereocenters. The van der Waals surface area contributed by atoms with E-state index in [4.69, 9.17) is 9.47 Å². The summed E-state index contributed by atoms with van der Waals surface area (Å²) in [6.07, 6.45) is -1.67. The van der Waals surface area contributed by atoms with Crippen LogP contribution in [-0.4, -0.2) is 11.9 Å². The molecule has 4 nitrogen and oxygen atoms in total. The van der Waals surface area contributed by atoms with Crippen molar-refractivity contribution in [3.05, 3.63) is 144 Å². The number of hydrogen-bond acceptors (Lipinski definition) is 4. The molecule has 0 N–H and O–H groups in total. The summed E-state index contributed by atoms with van der Waals surface area (Å²) in [6.45, 7) is 0. The fourth-order valence-corrected chi connectivity index (χ4v) is 3.41. The zero-order valence-corrected chi connectivity index (χ0v) is 17.3. The van der Waals surface area contributed by atoms with Crippen molar-refractivity contribution in [1.82, 2.24) is 0 Å². The number of benzene rings is 4. The second-order valence-corrected chi connectivity index (χ2v) is 7.21. The molecule has 4 rings (SSSR count). The summed E-state index contributed by atoms with van der Waals surface area (Å²) in [5, 5.41) is 0. The molecule has 0 amide bonds. The van der Waals surface area contributed by atoms with Gasteiger partial charge in [0.2, 0.25) is 0 Å². The lowest BCUT2D eigenvalue weighted by Gasteiger charge is -2.28. The lowest BCUT2D eigenvalue weighted by Crippen LogP contribution is -2.23. The Balaban J connectivity index is 1.72. The molecule has 4 aromatic rings. The molecule has 0 aliphatic carbocycles. The Bertz CT molecular complexity index is 1050. The van der Waals surface area contributed by atoms with E-state index in [9.17, 15) is 9.59 Å². The van der Waals surface area contributed by atoms with Crippen LogP contribution in [-0.2, 0) is 9.47 Å². The topological polar surface area (TPSA) is 52.6 Å². The average Bonchev–Trinajstić information content (AvgIpc) is 2.88. The highest BCUT2D eigenvalue weighted by molar-refractivity contribution is 5.90. The Morgan fingerprint density at radius 2 is 0.719 bits per heavy atom. The molecule has 4 aromatic carbocycles. The number of carbonyl (C=O) groups is 2. The predicted octanol–water partition coefficient (Wildman–Crippen LogP) is 6.18. The van der Waals surface area contributed by atoms with E-state index in [0.29, 0.717) is 11.1 Å². The Morgan fingerprint density at radius 1 is 0.438 bits per heavy atom. The molecule has 0 radical (unpaired) electrons. The first-order valence-corrected chi connectivity index (χ1v) is 10.3. The van der Waals surface area contributed by atoms with Gasteiger partial charge in [0.05, 0.1) is 11.1 Å². The Labute approximate surface area is 187 Å². The van der Waals surface area contributed by atoms with Crippen molar-refractivity contribution in [3.63, 3.8) is 0 Å². The normalized spacial score (nSPS) is 12.4. The van der Waals surface area contributed by atoms with Gasteiger partial charge in [-0.3, -0.25) is 0 Å². The van der Waals surface area contributed by atoms with Crippen LogP contribution in [0.15, 0.2) is 121 Å². The van der Waals surface area contributed by atoms with Gasteiger partial charge in [-0.2, -0.15) is 0 Å². The van der Waals surface area contributed by atoms with Gasteiger partial charge in [0.25, 0.3) is 0 Å². The maximum Gasteiger partial charge on any atom is 0.338 e. The maximum absolute atomic E-state index is 13.0. The van der Waals surface area contributed by atoms with Gasteiger partial charge in [-0.25, -0.2) is 9.59 Å². The third-order valence-electron chi connectivity index (χ3n) is 5.02. The van der Waals surface area contributed by atoms with Crippen molar-refractivity contribution >= 4 is 11.9 Å². The molecule has 2 atom stereocenters. The number of hydrogen-bond donors (Lipinski definition) is 0. The van der Waals surface area contributed by atoms with E-state index in [-0.39, 0.29) is 0 Å². The summed E-state index contributed by atoms with van der Waals surface area (Å²) in [5.41, 5.74) is 2.31. The van der Waals surface area contributed by atoms with Crippen LogP contribution >= 0.6 is 0 Å². The zero-order chi connectivity index (χ0) is 22.2. The average molecular weight is 422 g/mol. The van der Waals surface area contributed by atoms with E-state index in [1.807, 2.05) is 72.8 Å². The van der Waals surface area contributed by atoms with Crippen molar-refractivity contribution in [2.45, 2.75) is 12.2 Å². The first-order valence-electron chi connectivity index (χ1n) is 10.3. The van der Waals surface area contributed by atoms with Gasteiger partial charge in [-0.1, -0.05) is 97.1 Å². The van der Waals surface area contributed by atoms with Gasteiger partial charge in [-0.15, -0.1) is 0 Å². The molecular formula is C28H22O4. The Hall–Kier alpha value is -4.18. The molecule has 158 valence electrons. The highest BCUT2D eigenvalue weighted by Gasteiger charge is 2.32. The third kappa shape index (κ3) is 5.10. The second-order valence-electron chi connectivity index (χ2n) is 7.21. The van der Waals surface area contributed by atoms with E-state index in [1.165, 1.54) is 0 Å². The van der Waals surface area contributed by atoms with Crippen LogP contribution in [0, 0.1) is 0 Å². The number of carbonyl (C=O) groups excluding carboxylic acids is 2. The molecule has 0 bridgehead atoms. The van der Waals surface area contributed by atoms with Crippen LogP contribution in [0.1, 0.15) is 44.1 Å². The van der Waals surface area contributed by atoms with Crippen LogP contribution in [0.2, 0.25) is 0 Å². The van der Waals surface area contributed by atoms with Crippen molar-refractivity contribution in [2.24, 2.45) is 0 Å². The molecule has 0 aromatic heterocycles. The first kappa shape index (κ1) is 21.1. The van der Waals surface area contributed by atoms with E-state index in [1.54, 1.807) is 48.5 Å².